The van der Waals surface area contributed by atoms with E-state index in [0.29, 0.717) is 0 Å². The van der Waals surface area contributed by atoms with Crippen LogP contribution in [0.4, 0.5) is 13.2 Å². The number of alkyl halides is 3. The molecule has 0 bridgehead atoms. The van der Waals surface area contributed by atoms with Gasteiger partial charge in [-0.3, -0.25) is 4.79 Å². The van der Waals surface area contributed by atoms with Crippen LogP contribution in [0, 0.1) is 0 Å². The summed E-state index contributed by atoms with van der Waals surface area (Å²) in [6.07, 6.45) is -4.41. The van der Waals surface area contributed by atoms with Crippen molar-refractivity contribution in [2.24, 2.45) is 10.7 Å². The topological polar surface area (TPSA) is 70.7 Å². The summed E-state index contributed by atoms with van der Waals surface area (Å²) in [6, 6.07) is 0. The second-order valence-electron chi connectivity index (χ2n) is 3.67. The first kappa shape index (κ1) is 18.6. The van der Waals surface area contributed by atoms with Crippen molar-refractivity contribution in [1.82, 2.24) is 10.2 Å². The van der Waals surface area contributed by atoms with Crippen LogP contribution in [0.25, 0.3) is 0 Å². The Morgan fingerprint density at radius 1 is 1.37 bits per heavy atom. The van der Waals surface area contributed by atoms with Gasteiger partial charge >= 0.3 is 6.18 Å². The fraction of sp³-hybridized carbons (Fsp3) is 0.778. The summed E-state index contributed by atoms with van der Waals surface area (Å²) in [5, 5.41) is 1.73. The van der Waals surface area contributed by atoms with Crippen molar-refractivity contribution in [2.45, 2.75) is 6.18 Å². The molecule has 0 aromatic rings. The molecule has 0 spiro atoms. The highest BCUT2D eigenvalue weighted by Gasteiger charge is 2.27. The molecule has 0 radical (unpaired) electrons. The van der Waals surface area contributed by atoms with E-state index in [0.717, 1.165) is 24.6 Å². The van der Waals surface area contributed by atoms with E-state index in [-0.39, 0.29) is 36.5 Å². The zero-order valence-electron chi connectivity index (χ0n) is 10.1. The van der Waals surface area contributed by atoms with Gasteiger partial charge in [0.25, 0.3) is 0 Å². The number of carbonyl (C=O) groups is 1. The minimum atomic E-state index is -4.41. The summed E-state index contributed by atoms with van der Waals surface area (Å²) < 4.78 is 35.5. The molecule has 1 aliphatic heterocycles. The first-order chi connectivity index (χ1) is 8.38. The van der Waals surface area contributed by atoms with Crippen molar-refractivity contribution in [3.05, 3.63) is 0 Å². The van der Waals surface area contributed by atoms with Gasteiger partial charge in [-0.1, -0.05) is 0 Å². The molecule has 19 heavy (non-hydrogen) atoms. The van der Waals surface area contributed by atoms with E-state index in [4.69, 9.17) is 5.73 Å². The van der Waals surface area contributed by atoms with Gasteiger partial charge in [0, 0.05) is 24.6 Å². The lowest BCUT2D eigenvalue weighted by Gasteiger charge is -2.27. The standard InChI is InChI=1S/C9H15F3N4OS.HI/c10-9(11,12)6-15-7(17)5-14-8(13)16-1-3-18-4-2-16;/h1-6H2,(H2,13,14)(H,15,17);1H. The van der Waals surface area contributed by atoms with E-state index >= 15 is 0 Å². The molecule has 1 saturated heterocycles. The van der Waals surface area contributed by atoms with Gasteiger partial charge in [-0.15, -0.1) is 24.0 Å². The molecule has 10 heteroatoms. The highest BCUT2D eigenvalue weighted by Crippen LogP contribution is 2.12. The summed E-state index contributed by atoms with van der Waals surface area (Å²) in [5.41, 5.74) is 5.64. The van der Waals surface area contributed by atoms with Gasteiger partial charge in [0.05, 0.1) is 0 Å². The van der Waals surface area contributed by atoms with Gasteiger partial charge in [0.15, 0.2) is 5.96 Å². The Hall–Kier alpha value is -0.390. The van der Waals surface area contributed by atoms with Crippen molar-refractivity contribution in [3.63, 3.8) is 0 Å². The molecular formula is C9H16F3IN4OS. The van der Waals surface area contributed by atoms with Gasteiger partial charge in [-0.05, 0) is 0 Å². The fourth-order valence-electron chi connectivity index (χ4n) is 1.30. The maximum Gasteiger partial charge on any atom is 0.405 e. The second-order valence-corrected chi connectivity index (χ2v) is 4.89. The molecule has 5 nitrogen and oxygen atoms in total. The largest absolute Gasteiger partial charge is 0.405 e. The number of hydrogen-bond acceptors (Lipinski definition) is 3. The molecule has 0 aromatic carbocycles. The molecule has 0 atom stereocenters. The van der Waals surface area contributed by atoms with Crippen molar-refractivity contribution in [2.75, 3.05) is 37.7 Å². The van der Waals surface area contributed by atoms with Crippen LogP contribution in [0.1, 0.15) is 0 Å². The van der Waals surface area contributed by atoms with E-state index in [9.17, 15) is 18.0 Å². The smallest absolute Gasteiger partial charge is 0.370 e. The molecule has 1 aliphatic rings. The Morgan fingerprint density at radius 3 is 2.47 bits per heavy atom. The number of amides is 1. The molecule has 1 rings (SSSR count). The van der Waals surface area contributed by atoms with Crippen LogP contribution in [0.15, 0.2) is 4.99 Å². The van der Waals surface area contributed by atoms with Gasteiger partial charge < -0.3 is 16.0 Å². The highest BCUT2D eigenvalue weighted by atomic mass is 127. The normalized spacial score (nSPS) is 16.8. The maximum atomic E-state index is 11.8. The van der Waals surface area contributed by atoms with Gasteiger partial charge in [0.2, 0.25) is 5.91 Å². The number of carbonyl (C=O) groups excluding carboxylic acids is 1. The number of aliphatic imine (C=N–C) groups is 1. The number of nitrogens with two attached hydrogens (primary N) is 1. The second kappa shape index (κ2) is 8.72. The van der Waals surface area contributed by atoms with Gasteiger partial charge in [-0.2, -0.15) is 24.9 Å². The van der Waals surface area contributed by atoms with Crippen molar-refractivity contribution < 1.29 is 18.0 Å². The Bertz CT molecular complexity index is 321. The van der Waals surface area contributed by atoms with E-state index in [1.54, 1.807) is 17.1 Å². The monoisotopic (exact) mass is 412 g/mol. The summed E-state index contributed by atoms with van der Waals surface area (Å²) in [7, 11) is 0. The minimum absolute atomic E-state index is 0. The molecule has 0 unspecified atom stereocenters. The first-order valence-electron chi connectivity index (χ1n) is 5.34. The number of guanidine groups is 1. The third-order valence-electron chi connectivity index (χ3n) is 2.21. The lowest BCUT2D eigenvalue weighted by Crippen LogP contribution is -2.43. The third kappa shape index (κ3) is 8.39. The molecule has 1 amide bonds. The Labute approximate surface area is 130 Å². The van der Waals surface area contributed by atoms with Crippen LogP contribution >= 0.6 is 35.7 Å². The minimum Gasteiger partial charge on any atom is -0.370 e. The molecule has 1 fully saturated rings. The lowest BCUT2D eigenvalue weighted by molar-refractivity contribution is -0.137. The van der Waals surface area contributed by atoms with Crippen LogP contribution in [0.5, 0.6) is 0 Å². The number of rotatable bonds is 3. The average molecular weight is 412 g/mol. The molecule has 1 heterocycles. The van der Waals surface area contributed by atoms with E-state index in [1.165, 1.54) is 0 Å². The number of hydrogen-bond donors (Lipinski definition) is 2. The summed E-state index contributed by atoms with van der Waals surface area (Å²) in [5.74, 6) is 1.27. The van der Waals surface area contributed by atoms with Crippen molar-refractivity contribution in [1.29, 1.82) is 0 Å². The summed E-state index contributed by atoms with van der Waals surface area (Å²) in [6.45, 7) is -0.249. The zero-order chi connectivity index (χ0) is 13.6. The van der Waals surface area contributed by atoms with Crippen LogP contribution in [0.3, 0.4) is 0 Å². The molecule has 3 N–H and O–H groups in total. The molecular weight excluding hydrogens is 396 g/mol. The van der Waals surface area contributed by atoms with E-state index < -0.39 is 18.6 Å². The summed E-state index contributed by atoms with van der Waals surface area (Å²) in [4.78, 5) is 16.7. The van der Waals surface area contributed by atoms with Crippen LogP contribution in [-0.2, 0) is 4.79 Å². The number of thioether (sulfide) groups is 1. The highest BCUT2D eigenvalue weighted by molar-refractivity contribution is 14.0. The number of nitrogens with one attached hydrogen (secondary N) is 1. The van der Waals surface area contributed by atoms with Gasteiger partial charge in [0.1, 0.15) is 13.1 Å². The van der Waals surface area contributed by atoms with Crippen LogP contribution < -0.4 is 11.1 Å². The van der Waals surface area contributed by atoms with Crippen LogP contribution in [-0.4, -0.2) is 60.6 Å². The molecule has 0 saturated carbocycles. The average Bonchev–Trinajstić information content (AvgIpc) is 2.33. The predicted molar refractivity (Wildman–Crippen MR) is 79.9 cm³/mol. The van der Waals surface area contributed by atoms with Gasteiger partial charge in [-0.25, -0.2) is 4.99 Å². The first-order valence-corrected chi connectivity index (χ1v) is 6.50. The lowest BCUT2D eigenvalue weighted by atomic mass is 10.5. The molecule has 0 aliphatic carbocycles. The van der Waals surface area contributed by atoms with E-state index in [1.807, 2.05) is 4.90 Å². The third-order valence-corrected chi connectivity index (χ3v) is 3.15. The summed E-state index contributed by atoms with van der Waals surface area (Å²) >= 11 is 1.79. The SMILES string of the molecule is I.NC(=NCC(=O)NCC(F)(F)F)N1CCSCC1. The predicted octanol–water partition coefficient (Wildman–Crippen LogP) is 0.646. The fourth-order valence-corrected chi connectivity index (χ4v) is 2.20. The van der Waals surface area contributed by atoms with E-state index in [2.05, 4.69) is 4.99 Å². The maximum absolute atomic E-state index is 11.8. The Balaban J connectivity index is 0.00000324. The Kier molecular flexibility index (Phi) is 8.54. The molecule has 0 aromatic heterocycles. The Morgan fingerprint density at radius 2 is 1.95 bits per heavy atom. The zero-order valence-corrected chi connectivity index (χ0v) is 13.2. The number of nitrogens with zero attached hydrogens (tertiary/aromatic N) is 2. The molecule has 112 valence electrons. The van der Waals surface area contributed by atoms with Crippen LogP contribution in [0.2, 0.25) is 0 Å². The van der Waals surface area contributed by atoms with Crippen molar-refractivity contribution in [3.8, 4) is 0 Å². The number of halogens is 4. The van der Waals surface area contributed by atoms with Crippen molar-refractivity contribution >= 4 is 47.6 Å². The quantitative estimate of drug-likeness (QED) is 0.406.